The zero-order chi connectivity index (χ0) is 13.5. The molecule has 0 saturated heterocycles. The average molecular weight is 268 g/mol. The standard InChI is InChI=1S/C15H16N4O/c20-15(12-3-4-14-17-6-7-18(14)9-12)19-8-11-2-1-5-16-13(11)10-19/h1-2,5-7,12H,3-4,8-10H2. The Bertz CT molecular complexity index is 634. The molecule has 0 fully saturated rings. The highest BCUT2D eigenvalue weighted by atomic mass is 16.2. The van der Waals surface area contributed by atoms with Crippen LogP contribution in [0.25, 0.3) is 0 Å². The molecule has 4 rings (SSSR count). The van der Waals surface area contributed by atoms with Crippen molar-refractivity contribution in [1.29, 1.82) is 0 Å². The summed E-state index contributed by atoms with van der Waals surface area (Å²) in [6.45, 7) is 2.12. The van der Waals surface area contributed by atoms with Gasteiger partial charge in [-0.1, -0.05) is 6.07 Å². The molecule has 5 heteroatoms. The van der Waals surface area contributed by atoms with E-state index in [4.69, 9.17) is 0 Å². The molecule has 0 radical (unpaired) electrons. The minimum Gasteiger partial charge on any atom is -0.334 e. The van der Waals surface area contributed by atoms with Gasteiger partial charge < -0.3 is 9.47 Å². The van der Waals surface area contributed by atoms with Crippen molar-refractivity contribution in [3.8, 4) is 0 Å². The summed E-state index contributed by atoms with van der Waals surface area (Å²) < 4.78 is 2.10. The van der Waals surface area contributed by atoms with Gasteiger partial charge in [0.15, 0.2) is 0 Å². The van der Waals surface area contributed by atoms with Crippen molar-refractivity contribution in [2.24, 2.45) is 5.92 Å². The normalized spacial score (nSPS) is 20.6. The van der Waals surface area contributed by atoms with Gasteiger partial charge in [-0.3, -0.25) is 9.78 Å². The predicted octanol–water partition coefficient (Wildman–Crippen LogP) is 1.38. The van der Waals surface area contributed by atoms with Crippen LogP contribution < -0.4 is 0 Å². The van der Waals surface area contributed by atoms with Crippen LogP contribution in [0, 0.1) is 5.92 Å². The van der Waals surface area contributed by atoms with Crippen LogP contribution in [0.3, 0.4) is 0 Å². The van der Waals surface area contributed by atoms with Crippen LogP contribution in [0.4, 0.5) is 0 Å². The molecule has 20 heavy (non-hydrogen) atoms. The second-order valence-corrected chi connectivity index (χ2v) is 5.53. The number of fused-ring (bicyclic) bond motifs is 2. The second-order valence-electron chi connectivity index (χ2n) is 5.53. The number of hydrogen-bond donors (Lipinski definition) is 0. The lowest BCUT2D eigenvalue weighted by molar-refractivity contribution is -0.137. The molecule has 102 valence electrons. The Balaban J connectivity index is 1.50. The van der Waals surface area contributed by atoms with E-state index in [1.807, 2.05) is 23.4 Å². The van der Waals surface area contributed by atoms with Gasteiger partial charge in [-0.25, -0.2) is 4.98 Å². The third-order valence-corrected chi connectivity index (χ3v) is 4.28. The number of aryl methyl sites for hydroxylation is 1. The van der Waals surface area contributed by atoms with Gasteiger partial charge in [0.05, 0.1) is 18.2 Å². The van der Waals surface area contributed by atoms with E-state index >= 15 is 0 Å². The largest absolute Gasteiger partial charge is 0.334 e. The number of hydrogen-bond acceptors (Lipinski definition) is 3. The molecular formula is C15H16N4O. The minimum absolute atomic E-state index is 0.0750. The maximum absolute atomic E-state index is 12.7. The van der Waals surface area contributed by atoms with Crippen LogP contribution in [-0.4, -0.2) is 25.3 Å². The predicted molar refractivity (Wildman–Crippen MR) is 72.5 cm³/mol. The molecule has 1 unspecified atom stereocenters. The minimum atomic E-state index is 0.0750. The number of carbonyl (C=O) groups is 1. The highest BCUT2D eigenvalue weighted by Gasteiger charge is 2.32. The van der Waals surface area contributed by atoms with E-state index in [0.717, 1.165) is 30.9 Å². The quantitative estimate of drug-likeness (QED) is 0.785. The average Bonchev–Trinajstić information content (AvgIpc) is 3.11. The Labute approximate surface area is 117 Å². The fourth-order valence-corrected chi connectivity index (χ4v) is 3.18. The van der Waals surface area contributed by atoms with E-state index in [1.165, 1.54) is 5.56 Å². The summed E-state index contributed by atoms with van der Waals surface area (Å²) in [4.78, 5) is 23.3. The van der Waals surface area contributed by atoms with Gasteiger partial charge in [0.2, 0.25) is 5.91 Å². The molecule has 1 atom stereocenters. The molecule has 0 N–H and O–H groups in total. The maximum Gasteiger partial charge on any atom is 0.228 e. The van der Waals surface area contributed by atoms with Crippen LogP contribution in [0.2, 0.25) is 0 Å². The van der Waals surface area contributed by atoms with Crippen molar-refractivity contribution >= 4 is 5.91 Å². The number of rotatable bonds is 1. The molecule has 0 aromatic carbocycles. The first kappa shape index (κ1) is 11.6. The van der Waals surface area contributed by atoms with Crippen LogP contribution >= 0.6 is 0 Å². The van der Waals surface area contributed by atoms with Crippen molar-refractivity contribution in [3.05, 3.63) is 47.8 Å². The lowest BCUT2D eigenvalue weighted by Crippen LogP contribution is -2.36. The number of pyridine rings is 1. The van der Waals surface area contributed by atoms with Crippen LogP contribution in [-0.2, 0) is 30.8 Å². The molecule has 4 heterocycles. The van der Waals surface area contributed by atoms with Crippen molar-refractivity contribution in [1.82, 2.24) is 19.4 Å². The van der Waals surface area contributed by atoms with Gasteiger partial charge in [0, 0.05) is 38.1 Å². The van der Waals surface area contributed by atoms with Gasteiger partial charge in [0.25, 0.3) is 0 Å². The van der Waals surface area contributed by atoms with Crippen molar-refractivity contribution in [3.63, 3.8) is 0 Å². The first-order valence-electron chi connectivity index (χ1n) is 7.03. The molecule has 2 aliphatic rings. The molecule has 0 bridgehead atoms. The van der Waals surface area contributed by atoms with Gasteiger partial charge >= 0.3 is 0 Å². The van der Waals surface area contributed by atoms with E-state index in [9.17, 15) is 4.79 Å². The fraction of sp³-hybridized carbons (Fsp3) is 0.400. The highest BCUT2D eigenvalue weighted by Crippen LogP contribution is 2.26. The van der Waals surface area contributed by atoms with E-state index in [0.29, 0.717) is 13.1 Å². The molecular weight excluding hydrogens is 252 g/mol. The first-order chi connectivity index (χ1) is 9.81. The second kappa shape index (κ2) is 4.44. The van der Waals surface area contributed by atoms with Crippen molar-refractivity contribution in [2.45, 2.75) is 32.5 Å². The lowest BCUT2D eigenvalue weighted by Gasteiger charge is -2.27. The van der Waals surface area contributed by atoms with E-state index in [2.05, 4.69) is 20.6 Å². The monoisotopic (exact) mass is 268 g/mol. The number of amides is 1. The lowest BCUT2D eigenvalue weighted by atomic mass is 9.98. The van der Waals surface area contributed by atoms with Gasteiger partial charge in [-0.05, 0) is 18.1 Å². The zero-order valence-electron chi connectivity index (χ0n) is 11.2. The number of imidazole rings is 1. The van der Waals surface area contributed by atoms with Gasteiger partial charge in [-0.15, -0.1) is 0 Å². The Hall–Kier alpha value is -2.17. The summed E-state index contributed by atoms with van der Waals surface area (Å²) in [6, 6.07) is 4.00. The summed E-state index contributed by atoms with van der Waals surface area (Å²) in [5, 5.41) is 0. The molecule has 2 aromatic rings. The summed E-state index contributed by atoms with van der Waals surface area (Å²) in [5.74, 6) is 1.42. The molecule has 2 aliphatic heterocycles. The molecule has 1 amide bonds. The number of nitrogens with zero attached hydrogens (tertiary/aromatic N) is 4. The zero-order valence-corrected chi connectivity index (χ0v) is 11.2. The fourth-order valence-electron chi connectivity index (χ4n) is 3.18. The Kier molecular flexibility index (Phi) is 2.58. The Morgan fingerprint density at radius 2 is 2.20 bits per heavy atom. The van der Waals surface area contributed by atoms with Crippen LogP contribution in [0.5, 0.6) is 0 Å². The van der Waals surface area contributed by atoms with Crippen molar-refractivity contribution in [2.75, 3.05) is 0 Å². The summed E-state index contributed by atoms with van der Waals surface area (Å²) in [7, 11) is 0. The molecule has 5 nitrogen and oxygen atoms in total. The SMILES string of the molecule is O=C(C1CCc2nccn2C1)N1Cc2cccnc2C1. The molecule has 0 spiro atoms. The van der Waals surface area contributed by atoms with Gasteiger partial charge in [0.1, 0.15) is 5.82 Å². The maximum atomic E-state index is 12.7. The first-order valence-corrected chi connectivity index (χ1v) is 7.03. The van der Waals surface area contributed by atoms with Crippen molar-refractivity contribution < 1.29 is 4.79 Å². The smallest absolute Gasteiger partial charge is 0.228 e. The summed E-state index contributed by atoms with van der Waals surface area (Å²) in [6.07, 6.45) is 7.37. The summed E-state index contributed by atoms with van der Waals surface area (Å²) >= 11 is 0. The number of carbonyl (C=O) groups excluding carboxylic acids is 1. The van der Waals surface area contributed by atoms with Crippen LogP contribution in [0.15, 0.2) is 30.7 Å². The molecule has 0 aliphatic carbocycles. The topological polar surface area (TPSA) is 51.0 Å². The molecule has 0 saturated carbocycles. The van der Waals surface area contributed by atoms with E-state index < -0.39 is 0 Å². The Morgan fingerprint density at radius 3 is 3.10 bits per heavy atom. The third-order valence-electron chi connectivity index (χ3n) is 4.28. The molecule has 2 aromatic heterocycles. The summed E-state index contributed by atoms with van der Waals surface area (Å²) in [5.41, 5.74) is 2.22. The Morgan fingerprint density at radius 1 is 1.25 bits per heavy atom. The van der Waals surface area contributed by atoms with Crippen LogP contribution in [0.1, 0.15) is 23.5 Å². The highest BCUT2D eigenvalue weighted by molar-refractivity contribution is 5.79. The van der Waals surface area contributed by atoms with E-state index in [-0.39, 0.29) is 11.8 Å². The third kappa shape index (κ3) is 1.81. The van der Waals surface area contributed by atoms with E-state index in [1.54, 1.807) is 6.20 Å². The van der Waals surface area contributed by atoms with Gasteiger partial charge in [-0.2, -0.15) is 0 Å². The number of aromatic nitrogens is 3.